The Morgan fingerprint density at radius 3 is 2.37 bits per heavy atom. The first kappa shape index (κ1) is 22.2. The van der Waals surface area contributed by atoms with Crippen LogP contribution in [0.25, 0.3) is 0 Å². The monoisotopic (exact) mass is 456 g/mol. The summed E-state index contributed by atoms with van der Waals surface area (Å²) in [4.78, 5) is 53.8. The Bertz CT molecular complexity index is 888. The van der Waals surface area contributed by atoms with Crippen molar-refractivity contribution in [3.63, 3.8) is 0 Å². The first-order valence-electron chi connectivity index (χ1n) is 9.46. The molecule has 1 aromatic carbocycles. The summed E-state index contributed by atoms with van der Waals surface area (Å²) < 4.78 is 4.95. The Morgan fingerprint density at radius 2 is 1.77 bits per heavy atom. The summed E-state index contributed by atoms with van der Waals surface area (Å²) >= 11 is 12.1. The molecule has 5 amide bonds. The lowest BCUT2D eigenvalue weighted by Gasteiger charge is -2.34. The Hall–Kier alpha value is -2.52. The van der Waals surface area contributed by atoms with Crippen LogP contribution in [0.5, 0.6) is 0 Å². The van der Waals surface area contributed by atoms with Crippen LogP contribution in [0.15, 0.2) is 18.2 Å². The van der Waals surface area contributed by atoms with Crippen LogP contribution in [0, 0.1) is 0 Å². The predicted molar refractivity (Wildman–Crippen MR) is 109 cm³/mol. The van der Waals surface area contributed by atoms with Gasteiger partial charge in [0.15, 0.2) is 0 Å². The third-order valence-electron chi connectivity index (χ3n) is 5.20. The number of urea groups is 1. The molecule has 2 aliphatic heterocycles. The molecule has 3 rings (SSSR count). The number of ether oxygens (including phenoxy) is 1. The summed E-state index contributed by atoms with van der Waals surface area (Å²) in [6.45, 7) is 4.37. The zero-order valence-electron chi connectivity index (χ0n) is 16.6. The highest BCUT2D eigenvalue weighted by molar-refractivity contribution is 6.35. The van der Waals surface area contributed by atoms with Gasteiger partial charge in [-0.1, -0.05) is 29.3 Å². The van der Waals surface area contributed by atoms with E-state index in [0.29, 0.717) is 36.8 Å². The van der Waals surface area contributed by atoms with E-state index in [1.807, 2.05) is 0 Å². The van der Waals surface area contributed by atoms with E-state index >= 15 is 0 Å². The molecule has 1 atom stereocenters. The smallest absolute Gasteiger partial charge is 0.409 e. The minimum Gasteiger partial charge on any atom is -0.450 e. The van der Waals surface area contributed by atoms with Crippen LogP contribution in [0.1, 0.15) is 19.4 Å². The molecule has 0 bridgehead atoms. The van der Waals surface area contributed by atoms with Gasteiger partial charge in [0.2, 0.25) is 5.91 Å². The van der Waals surface area contributed by atoms with Crippen molar-refractivity contribution in [2.24, 2.45) is 0 Å². The number of piperazine rings is 1. The fourth-order valence-corrected chi connectivity index (χ4v) is 4.10. The number of hydrogen-bond donors (Lipinski definition) is 1. The fraction of sp³-hybridized carbons (Fsp3) is 0.474. The van der Waals surface area contributed by atoms with Gasteiger partial charge in [-0.25, -0.2) is 9.59 Å². The molecule has 0 aromatic heterocycles. The van der Waals surface area contributed by atoms with Crippen LogP contribution >= 0.6 is 23.2 Å². The Morgan fingerprint density at radius 1 is 1.13 bits per heavy atom. The summed E-state index contributed by atoms with van der Waals surface area (Å²) in [5.74, 6) is -0.955. The Kier molecular flexibility index (Phi) is 6.42. The minimum atomic E-state index is -1.40. The second kappa shape index (κ2) is 8.69. The van der Waals surface area contributed by atoms with E-state index in [0.717, 1.165) is 4.90 Å². The van der Waals surface area contributed by atoms with Crippen molar-refractivity contribution in [3.8, 4) is 0 Å². The van der Waals surface area contributed by atoms with Crippen molar-refractivity contribution >= 4 is 47.1 Å². The van der Waals surface area contributed by atoms with Crippen LogP contribution in [0.4, 0.5) is 9.59 Å². The number of imide groups is 1. The molecule has 9 nitrogen and oxygen atoms in total. The third-order valence-corrected chi connectivity index (χ3v) is 5.74. The molecule has 2 saturated heterocycles. The van der Waals surface area contributed by atoms with Crippen LogP contribution in [-0.2, 0) is 19.9 Å². The maximum atomic E-state index is 13.0. The van der Waals surface area contributed by atoms with Crippen molar-refractivity contribution in [3.05, 3.63) is 33.8 Å². The molecule has 2 fully saturated rings. The van der Waals surface area contributed by atoms with Crippen molar-refractivity contribution in [1.82, 2.24) is 20.0 Å². The summed E-state index contributed by atoms with van der Waals surface area (Å²) in [6.07, 6.45) is -0.422. The van der Waals surface area contributed by atoms with E-state index in [-0.39, 0.29) is 17.5 Å². The largest absolute Gasteiger partial charge is 0.450 e. The topological polar surface area (TPSA) is 99.3 Å². The van der Waals surface area contributed by atoms with Crippen LogP contribution in [-0.4, -0.2) is 78.0 Å². The molecule has 0 spiro atoms. The van der Waals surface area contributed by atoms with E-state index in [9.17, 15) is 19.2 Å². The summed E-state index contributed by atoms with van der Waals surface area (Å²) in [5, 5.41) is 3.26. The summed E-state index contributed by atoms with van der Waals surface area (Å²) in [6, 6.07) is 3.96. The molecule has 162 valence electrons. The number of nitrogens with one attached hydrogen (secondary N) is 1. The van der Waals surface area contributed by atoms with Gasteiger partial charge < -0.3 is 19.9 Å². The number of amides is 5. The molecule has 0 radical (unpaired) electrons. The third kappa shape index (κ3) is 4.17. The SMILES string of the molecule is CCOC(=O)N1CCN(C(=O)CN2C(=O)NC(C)(c3ccc(Cl)cc3Cl)C2=O)CC1. The van der Waals surface area contributed by atoms with Crippen LogP contribution in [0.2, 0.25) is 10.0 Å². The predicted octanol–water partition coefficient (Wildman–Crippen LogP) is 2.06. The minimum absolute atomic E-state index is 0.238. The average Bonchev–Trinajstić information content (AvgIpc) is 2.91. The van der Waals surface area contributed by atoms with Crippen LogP contribution < -0.4 is 5.32 Å². The normalized spacial score (nSPS) is 21.7. The van der Waals surface area contributed by atoms with Crippen molar-refractivity contribution < 1.29 is 23.9 Å². The highest BCUT2D eigenvalue weighted by Gasteiger charge is 2.50. The maximum absolute atomic E-state index is 13.0. The highest BCUT2D eigenvalue weighted by Crippen LogP contribution is 2.34. The van der Waals surface area contributed by atoms with E-state index in [1.54, 1.807) is 19.1 Å². The first-order valence-corrected chi connectivity index (χ1v) is 10.2. The Balaban J connectivity index is 1.66. The zero-order chi connectivity index (χ0) is 22.1. The summed E-state index contributed by atoms with van der Waals surface area (Å²) in [5.41, 5.74) is -1.01. The lowest BCUT2D eigenvalue weighted by atomic mass is 9.92. The fourth-order valence-electron chi connectivity index (χ4n) is 3.51. The molecule has 11 heteroatoms. The van der Waals surface area contributed by atoms with Gasteiger partial charge in [0, 0.05) is 41.8 Å². The van der Waals surface area contributed by atoms with E-state index < -0.39 is 30.1 Å². The Labute approximate surface area is 183 Å². The molecular formula is C19H22Cl2N4O5. The van der Waals surface area contributed by atoms with Crippen molar-refractivity contribution in [2.45, 2.75) is 19.4 Å². The molecule has 30 heavy (non-hydrogen) atoms. The van der Waals surface area contributed by atoms with E-state index in [2.05, 4.69) is 5.32 Å². The van der Waals surface area contributed by atoms with Gasteiger partial charge in [0.1, 0.15) is 12.1 Å². The molecule has 2 aliphatic rings. The number of carbonyl (C=O) groups is 4. The highest BCUT2D eigenvalue weighted by atomic mass is 35.5. The molecule has 0 saturated carbocycles. The maximum Gasteiger partial charge on any atom is 0.409 e. The van der Waals surface area contributed by atoms with Gasteiger partial charge in [0.05, 0.1) is 6.61 Å². The van der Waals surface area contributed by atoms with Crippen molar-refractivity contribution in [1.29, 1.82) is 0 Å². The lowest BCUT2D eigenvalue weighted by molar-refractivity contribution is -0.139. The van der Waals surface area contributed by atoms with Crippen molar-refractivity contribution in [2.75, 3.05) is 39.3 Å². The van der Waals surface area contributed by atoms with Gasteiger partial charge in [-0.05, 0) is 26.0 Å². The van der Waals surface area contributed by atoms with E-state index in [1.165, 1.54) is 22.8 Å². The van der Waals surface area contributed by atoms with Gasteiger partial charge >= 0.3 is 12.1 Å². The van der Waals surface area contributed by atoms with Crippen LogP contribution in [0.3, 0.4) is 0 Å². The molecule has 0 aliphatic carbocycles. The van der Waals surface area contributed by atoms with E-state index in [4.69, 9.17) is 27.9 Å². The molecule has 1 unspecified atom stereocenters. The standard InChI is InChI=1S/C19H22Cl2N4O5/c1-3-30-18(29)24-8-6-23(7-9-24)15(26)11-25-16(27)19(2,22-17(25)28)13-5-4-12(20)10-14(13)21/h4-5,10H,3,6-9,11H2,1-2H3,(H,22,28). The second-order valence-corrected chi connectivity index (χ2v) is 7.98. The molecule has 1 aromatic rings. The molecule has 1 N–H and O–H groups in total. The number of carbonyl (C=O) groups excluding carboxylic acids is 4. The average molecular weight is 457 g/mol. The number of nitrogens with zero attached hydrogens (tertiary/aromatic N) is 3. The summed E-state index contributed by atoms with van der Waals surface area (Å²) in [7, 11) is 0. The number of hydrogen-bond acceptors (Lipinski definition) is 5. The quantitative estimate of drug-likeness (QED) is 0.698. The van der Waals surface area contributed by atoms with Gasteiger partial charge in [-0.15, -0.1) is 0 Å². The lowest BCUT2D eigenvalue weighted by Crippen LogP contribution is -2.53. The molecule has 2 heterocycles. The second-order valence-electron chi connectivity index (χ2n) is 7.14. The van der Waals surface area contributed by atoms with Gasteiger partial charge in [-0.2, -0.15) is 0 Å². The number of halogens is 2. The van der Waals surface area contributed by atoms with Gasteiger partial charge in [-0.3, -0.25) is 14.5 Å². The number of rotatable bonds is 4. The zero-order valence-corrected chi connectivity index (χ0v) is 18.1. The number of benzene rings is 1. The first-order chi connectivity index (χ1) is 14.2. The van der Waals surface area contributed by atoms with Gasteiger partial charge in [0.25, 0.3) is 5.91 Å². The molecular weight excluding hydrogens is 435 g/mol.